The molecule has 0 atom stereocenters. The summed E-state index contributed by atoms with van der Waals surface area (Å²) < 4.78 is 41.4. The van der Waals surface area contributed by atoms with Gasteiger partial charge in [-0.25, -0.2) is 18.4 Å². The first kappa shape index (κ1) is 16.5. The predicted octanol–water partition coefficient (Wildman–Crippen LogP) is 0.226. The standard InChI is InChI=1S/C12H17F2NO5/c1-18-10(16)9(11(17)19-2)7-12(13,14)8-15-3-5-20-6-4-15/h7H,3-6,8H2,1-2H3. The highest BCUT2D eigenvalue weighted by Crippen LogP contribution is 2.21. The summed E-state index contributed by atoms with van der Waals surface area (Å²) >= 11 is 0. The summed E-state index contributed by atoms with van der Waals surface area (Å²) in [7, 11) is 2.00. The number of rotatable bonds is 5. The molecule has 0 aliphatic carbocycles. The highest BCUT2D eigenvalue weighted by Gasteiger charge is 2.34. The molecule has 114 valence electrons. The largest absolute Gasteiger partial charge is 0.465 e. The summed E-state index contributed by atoms with van der Waals surface area (Å²) in [5, 5.41) is 0. The van der Waals surface area contributed by atoms with Crippen LogP contribution in [0.25, 0.3) is 0 Å². The number of methoxy groups -OCH3 is 2. The van der Waals surface area contributed by atoms with E-state index in [-0.39, 0.29) is 0 Å². The van der Waals surface area contributed by atoms with Gasteiger partial charge < -0.3 is 14.2 Å². The number of halogens is 2. The molecule has 0 aromatic carbocycles. The van der Waals surface area contributed by atoms with Crippen LogP contribution in [0.1, 0.15) is 0 Å². The molecule has 1 aliphatic heterocycles. The minimum atomic E-state index is -3.35. The number of carbonyl (C=O) groups excluding carboxylic acids is 2. The van der Waals surface area contributed by atoms with Crippen molar-refractivity contribution in [3.63, 3.8) is 0 Å². The van der Waals surface area contributed by atoms with Crippen LogP contribution < -0.4 is 0 Å². The van der Waals surface area contributed by atoms with E-state index in [0.29, 0.717) is 32.4 Å². The fourth-order valence-electron chi connectivity index (χ4n) is 1.74. The van der Waals surface area contributed by atoms with Gasteiger partial charge in [0.05, 0.1) is 34.0 Å². The van der Waals surface area contributed by atoms with E-state index in [4.69, 9.17) is 4.74 Å². The molecule has 1 aliphatic rings. The van der Waals surface area contributed by atoms with E-state index >= 15 is 0 Å². The second-order valence-corrected chi connectivity index (χ2v) is 4.19. The van der Waals surface area contributed by atoms with Gasteiger partial charge >= 0.3 is 11.9 Å². The third-order valence-corrected chi connectivity index (χ3v) is 2.70. The maximum absolute atomic E-state index is 13.9. The molecular weight excluding hydrogens is 276 g/mol. The Balaban J connectivity index is 2.83. The van der Waals surface area contributed by atoms with E-state index in [0.717, 1.165) is 14.2 Å². The number of morpholine rings is 1. The lowest BCUT2D eigenvalue weighted by atomic mass is 10.1. The molecule has 0 saturated carbocycles. The van der Waals surface area contributed by atoms with Gasteiger partial charge in [-0.15, -0.1) is 0 Å². The molecule has 8 heteroatoms. The molecule has 1 heterocycles. The van der Waals surface area contributed by atoms with Crippen molar-refractivity contribution in [3.8, 4) is 0 Å². The molecule has 1 saturated heterocycles. The van der Waals surface area contributed by atoms with E-state index < -0.39 is 30.0 Å². The zero-order valence-electron chi connectivity index (χ0n) is 11.4. The molecule has 1 rings (SSSR count). The molecule has 0 amide bonds. The summed E-state index contributed by atoms with van der Waals surface area (Å²) in [5.41, 5.74) is -0.812. The Kier molecular flexibility index (Phi) is 6.03. The predicted molar refractivity (Wildman–Crippen MR) is 64.3 cm³/mol. The Labute approximate surface area is 115 Å². The topological polar surface area (TPSA) is 65.1 Å². The van der Waals surface area contributed by atoms with Gasteiger partial charge in [-0.3, -0.25) is 4.90 Å². The van der Waals surface area contributed by atoms with Crippen molar-refractivity contribution in [2.24, 2.45) is 0 Å². The lowest BCUT2D eigenvalue weighted by molar-refractivity contribution is -0.144. The van der Waals surface area contributed by atoms with Crippen molar-refractivity contribution in [1.29, 1.82) is 0 Å². The summed E-state index contributed by atoms with van der Waals surface area (Å²) in [4.78, 5) is 24.1. The zero-order chi connectivity index (χ0) is 15.2. The molecule has 20 heavy (non-hydrogen) atoms. The van der Waals surface area contributed by atoms with Gasteiger partial charge in [0.25, 0.3) is 5.92 Å². The molecular formula is C12H17F2NO5. The number of carbonyl (C=O) groups is 2. The van der Waals surface area contributed by atoms with E-state index in [1.54, 1.807) is 0 Å². The maximum atomic E-state index is 13.9. The van der Waals surface area contributed by atoms with Crippen LogP contribution in [-0.2, 0) is 23.8 Å². The Hall–Kier alpha value is -1.54. The van der Waals surface area contributed by atoms with E-state index in [2.05, 4.69) is 9.47 Å². The monoisotopic (exact) mass is 293 g/mol. The molecule has 0 aromatic rings. The first-order valence-electron chi connectivity index (χ1n) is 5.97. The third-order valence-electron chi connectivity index (χ3n) is 2.70. The Morgan fingerprint density at radius 3 is 2.15 bits per heavy atom. The molecule has 0 radical (unpaired) electrons. The van der Waals surface area contributed by atoms with E-state index in [1.165, 1.54) is 4.90 Å². The van der Waals surface area contributed by atoms with Crippen LogP contribution in [0.2, 0.25) is 0 Å². The van der Waals surface area contributed by atoms with Crippen molar-refractivity contribution in [2.75, 3.05) is 47.1 Å². The fraction of sp³-hybridized carbons (Fsp3) is 0.667. The Morgan fingerprint density at radius 2 is 1.70 bits per heavy atom. The fourth-order valence-corrected chi connectivity index (χ4v) is 1.74. The molecule has 0 spiro atoms. The minimum Gasteiger partial charge on any atom is -0.465 e. The number of hydrogen-bond donors (Lipinski definition) is 0. The zero-order valence-corrected chi connectivity index (χ0v) is 11.4. The van der Waals surface area contributed by atoms with Crippen molar-refractivity contribution >= 4 is 11.9 Å². The number of hydrogen-bond acceptors (Lipinski definition) is 6. The number of esters is 2. The van der Waals surface area contributed by atoms with Gasteiger partial charge in [0.2, 0.25) is 0 Å². The van der Waals surface area contributed by atoms with Crippen LogP contribution in [0.5, 0.6) is 0 Å². The number of nitrogens with zero attached hydrogens (tertiary/aromatic N) is 1. The molecule has 6 nitrogen and oxygen atoms in total. The van der Waals surface area contributed by atoms with Gasteiger partial charge in [0.15, 0.2) is 0 Å². The summed E-state index contributed by atoms with van der Waals surface area (Å²) in [6.07, 6.45) is 0.292. The third kappa shape index (κ3) is 4.86. The van der Waals surface area contributed by atoms with Gasteiger partial charge in [-0.2, -0.15) is 0 Å². The lowest BCUT2D eigenvalue weighted by Gasteiger charge is -2.29. The second-order valence-electron chi connectivity index (χ2n) is 4.19. The molecule has 0 unspecified atom stereocenters. The smallest absolute Gasteiger partial charge is 0.345 e. The number of alkyl halides is 2. The van der Waals surface area contributed by atoms with Gasteiger partial charge in [0, 0.05) is 19.2 Å². The molecule has 0 bridgehead atoms. The van der Waals surface area contributed by atoms with Crippen LogP contribution in [0.15, 0.2) is 11.6 Å². The first-order chi connectivity index (χ1) is 9.39. The molecule has 0 N–H and O–H groups in total. The average molecular weight is 293 g/mol. The first-order valence-corrected chi connectivity index (χ1v) is 5.97. The average Bonchev–Trinajstić information content (AvgIpc) is 2.43. The minimum absolute atomic E-state index is 0.292. The highest BCUT2D eigenvalue weighted by atomic mass is 19.3. The van der Waals surface area contributed by atoms with E-state index in [9.17, 15) is 18.4 Å². The lowest BCUT2D eigenvalue weighted by Crippen LogP contribution is -2.43. The van der Waals surface area contributed by atoms with Crippen molar-refractivity contribution in [1.82, 2.24) is 4.90 Å². The number of ether oxygens (including phenoxy) is 3. The maximum Gasteiger partial charge on any atom is 0.345 e. The van der Waals surface area contributed by atoms with Crippen LogP contribution in [0.4, 0.5) is 8.78 Å². The normalized spacial score (nSPS) is 16.4. The summed E-state index contributed by atoms with van der Waals surface area (Å²) in [6, 6.07) is 0. The summed E-state index contributed by atoms with van der Waals surface area (Å²) in [6.45, 7) is 0.888. The van der Waals surface area contributed by atoms with Crippen molar-refractivity contribution < 1.29 is 32.6 Å². The van der Waals surface area contributed by atoms with Crippen LogP contribution in [0, 0.1) is 0 Å². The molecule has 1 fully saturated rings. The van der Waals surface area contributed by atoms with Gasteiger partial charge in [-0.05, 0) is 0 Å². The van der Waals surface area contributed by atoms with Crippen LogP contribution in [0.3, 0.4) is 0 Å². The van der Waals surface area contributed by atoms with Gasteiger partial charge in [0.1, 0.15) is 5.57 Å². The Morgan fingerprint density at radius 1 is 1.20 bits per heavy atom. The van der Waals surface area contributed by atoms with Gasteiger partial charge in [-0.1, -0.05) is 0 Å². The molecule has 0 aromatic heterocycles. The Bertz CT molecular complexity index is 373. The van der Waals surface area contributed by atoms with Crippen LogP contribution >= 0.6 is 0 Å². The highest BCUT2D eigenvalue weighted by molar-refractivity contribution is 6.14. The van der Waals surface area contributed by atoms with Crippen LogP contribution in [-0.4, -0.2) is 69.8 Å². The van der Waals surface area contributed by atoms with E-state index in [1.807, 2.05) is 0 Å². The SMILES string of the molecule is COC(=O)C(=CC(F)(F)CN1CCOCC1)C(=O)OC. The quantitative estimate of drug-likeness (QED) is 0.313. The van der Waals surface area contributed by atoms with Crippen molar-refractivity contribution in [3.05, 3.63) is 11.6 Å². The summed E-state index contributed by atoms with van der Waals surface area (Å²) in [5.74, 6) is -5.66. The van der Waals surface area contributed by atoms with Crippen molar-refractivity contribution in [2.45, 2.75) is 5.92 Å². The second kappa shape index (κ2) is 7.30.